The Morgan fingerprint density at radius 3 is 2.63 bits per heavy atom. The highest BCUT2D eigenvalue weighted by Gasteiger charge is 2.29. The Kier molecular flexibility index (Phi) is 9.26. The molecule has 0 atom stereocenters. The van der Waals surface area contributed by atoms with E-state index in [2.05, 4.69) is 10.4 Å². The van der Waals surface area contributed by atoms with Crippen molar-refractivity contribution >= 4 is 79.4 Å². The molecule has 0 fully saturated rings. The Morgan fingerprint density at radius 2 is 1.97 bits per heavy atom. The van der Waals surface area contributed by atoms with Gasteiger partial charge in [-0.15, -0.1) is 11.3 Å². The molecule has 16 heteroatoms. The van der Waals surface area contributed by atoms with Crippen LogP contribution in [-0.4, -0.2) is 44.5 Å². The van der Waals surface area contributed by atoms with Gasteiger partial charge in [-0.3, -0.25) is 0 Å². The maximum Gasteiger partial charge on any atom is 0.329 e. The van der Waals surface area contributed by atoms with Crippen LogP contribution < -0.4 is 10.0 Å². The molecule has 4 rings (SSSR count). The second-order valence-electron chi connectivity index (χ2n) is 7.95. The Bertz CT molecular complexity index is 1500. The van der Waals surface area contributed by atoms with Gasteiger partial charge in [0.2, 0.25) is 0 Å². The summed E-state index contributed by atoms with van der Waals surface area (Å²) in [5, 5.41) is 7.72. The van der Waals surface area contributed by atoms with Crippen molar-refractivity contribution < 1.29 is 27.1 Å². The molecule has 38 heavy (non-hydrogen) atoms. The van der Waals surface area contributed by atoms with E-state index in [-0.39, 0.29) is 45.5 Å². The molecule has 2 N–H and O–H groups in total. The van der Waals surface area contributed by atoms with Gasteiger partial charge in [0.1, 0.15) is 21.1 Å². The molecule has 1 aliphatic heterocycles. The first-order valence-corrected chi connectivity index (χ1v) is 14.5. The molecule has 0 saturated heterocycles. The molecule has 9 nitrogen and oxygen atoms in total. The minimum Gasteiger partial charge on any atom is -0.370 e. The number of carbonyl (C=O) groups excluding carboxylic acids is 1. The smallest absolute Gasteiger partial charge is 0.329 e. The summed E-state index contributed by atoms with van der Waals surface area (Å²) < 4.78 is 54.2. The SMILES string of the molecule is COCn1nc(Cc2ccc(Cl)cc2Cl)c2c1COCC2=C(F)CNC(=O)NS(=O)(=O)c1cc(Cl)c(Cl)s1. The standard InChI is InChI=1S/C22H19Cl4FN4O5S2/c1-35-10-31-18-9-36-8-13(20(18)17(29-31)4-11-2-3-12(23)5-14(11)24)16(27)7-28-22(32)30-38(33,34)19-6-15(25)21(26)37-19/h2-3,5-6H,4,7-10H2,1H3,(H2,28,30,32). The van der Waals surface area contributed by atoms with Gasteiger partial charge in [-0.2, -0.15) is 5.10 Å². The van der Waals surface area contributed by atoms with Crippen molar-refractivity contribution in [1.29, 1.82) is 0 Å². The minimum absolute atomic E-state index is 0.0334. The molecular weight excluding hydrogens is 625 g/mol. The number of sulfonamides is 1. The van der Waals surface area contributed by atoms with E-state index in [0.717, 1.165) is 11.6 Å². The fourth-order valence-corrected chi connectivity index (χ4v) is 7.00. The van der Waals surface area contributed by atoms with E-state index in [1.807, 2.05) is 0 Å². The second kappa shape index (κ2) is 12.1. The minimum atomic E-state index is -4.26. The van der Waals surface area contributed by atoms with Crippen LogP contribution in [0.2, 0.25) is 19.4 Å². The number of aromatic nitrogens is 2. The van der Waals surface area contributed by atoms with Crippen molar-refractivity contribution in [3.05, 3.63) is 72.0 Å². The van der Waals surface area contributed by atoms with Crippen molar-refractivity contribution in [1.82, 2.24) is 19.8 Å². The molecule has 1 aliphatic rings. The number of benzene rings is 1. The molecule has 1 aromatic carbocycles. The first kappa shape index (κ1) is 29.1. The van der Waals surface area contributed by atoms with Crippen LogP contribution in [-0.2, 0) is 39.3 Å². The van der Waals surface area contributed by atoms with E-state index in [1.54, 1.807) is 27.6 Å². The molecule has 0 aliphatic carbocycles. The Hall–Kier alpha value is -1.90. The summed E-state index contributed by atoms with van der Waals surface area (Å²) in [6.07, 6.45) is 0.268. The number of rotatable bonds is 8. The van der Waals surface area contributed by atoms with Crippen molar-refractivity contribution in [2.45, 2.75) is 24.0 Å². The van der Waals surface area contributed by atoms with Crippen LogP contribution in [0.15, 0.2) is 34.3 Å². The lowest BCUT2D eigenvalue weighted by molar-refractivity contribution is 0.0974. The topological polar surface area (TPSA) is 112 Å². The maximum atomic E-state index is 15.4. The number of urea groups is 1. The average molecular weight is 644 g/mol. The third kappa shape index (κ3) is 6.45. The largest absolute Gasteiger partial charge is 0.370 e. The average Bonchev–Trinajstić information content (AvgIpc) is 3.39. The van der Waals surface area contributed by atoms with Gasteiger partial charge >= 0.3 is 6.03 Å². The Balaban J connectivity index is 1.58. The first-order valence-electron chi connectivity index (χ1n) is 10.7. The number of carbonyl (C=O) groups is 1. The highest BCUT2D eigenvalue weighted by molar-refractivity contribution is 7.92. The molecule has 0 unspecified atom stereocenters. The molecule has 0 spiro atoms. The quantitative estimate of drug-likeness (QED) is 0.328. The van der Waals surface area contributed by atoms with E-state index in [0.29, 0.717) is 38.3 Å². The molecular formula is C22H19Cl4FN4O5S2. The zero-order valence-corrected chi connectivity index (χ0v) is 24.1. The summed E-state index contributed by atoms with van der Waals surface area (Å²) in [5.41, 5.74) is 2.50. The number of fused-ring (bicyclic) bond motifs is 1. The highest BCUT2D eigenvalue weighted by atomic mass is 35.5. The number of nitrogens with zero attached hydrogens (tertiary/aromatic N) is 2. The number of methoxy groups -OCH3 is 1. The fourth-order valence-electron chi connectivity index (χ4n) is 3.71. The third-order valence-corrected chi connectivity index (χ3v) is 9.64. The molecule has 204 valence electrons. The number of ether oxygens (including phenoxy) is 2. The van der Waals surface area contributed by atoms with Crippen LogP contribution >= 0.6 is 57.7 Å². The molecule has 3 heterocycles. The zero-order valence-electron chi connectivity index (χ0n) is 19.5. The van der Waals surface area contributed by atoms with E-state index < -0.39 is 28.4 Å². The Morgan fingerprint density at radius 1 is 1.21 bits per heavy atom. The molecule has 0 saturated carbocycles. The number of hydrogen-bond acceptors (Lipinski definition) is 7. The van der Waals surface area contributed by atoms with E-state index in [4.69, 9.17) is 55.9 Å². The van der Waals surface area contributed by atoms with Crippen molar-refractivity contribution in [2.24, 2.45) is 0 Å². The number of amides is 2. The lowest BCUT2D eigenvalue weighted by atomic mass is 9.97. The van der Waals surface area contributed by atoms with Gasteiger partial charge < -0.3 is 14.8 Å². The number of thiophene rings is 1. The van der Waals surface area contributed by atoms with Gasteiger partial charge in [0.05, 0.1) is 36.2 Å². The van der Waals surface area contributed by atoms with Crippen molar-refractivity contribution in [3.8, 4) is 0 Å². The van der Waals surface area contributed by atoms with E-state index in [1.165, 1.54) is 7.11 Å². The molecule has 3 aromatic rings. The van der Waals surface area contributed by atoms with Crippen molar-refractivity contribution in [2.75, 3.05) is 20.3 Å². The lowest BCUT2D eigenvalue weighted by Gasteiger charge is -2.19. The number of nitrogens with one attached hydrogen (secondary N) is 2. The summed E-state index contributed by atoms with van der Waals surface area (Å²) in [6, 6.07) is 5.02. The molecule has 2 aromatic heterocycles. The number of hydrogen-bond donors (Lipinski definition) is 2. The fraction of sp³-hybridized carbons (Fsp3) is 0.273. The monoisotopic (exact) mass is 642 g/mol. The van der Waals surface area contributed by atoms with Crippen LogP contribution in [0.25, 0.3) is 5.57 Å². The van der Waals surface area contributed by atoms with Gasteiger partial charge in [-0.05, 0) is 23.8 Å². The van der Waals surface area contributed by atoms with Crippen LogP contribution in [0, 0.1) is 0 Å². The predicted octanol–water partition coefficient (Wildman–Crippen LogP) is 5.65. The predicted molar refractivity (Wildman–Crippen MR) is 144 cm³/mol. The zero-order chi connectivity index (χ0) is 27.6. The van der Waals surface area contributed by atoms with Gasteiger partial charge in [0.25, 0.3) is 10.0 Å². The van der Waals surface area contributed by atoms with Crippen LogP contribution in [0.3, 0.4) is 0 Å². The summed E-state index contributed by atoms with van der Waals surface area (Å²) in [4.78, 5) is 12.3. The van der Waals surface area contributed by atoms with Crippen LogP contribution in [0.4, 0.5) is 9.18 Å². The lowest BCUT2D eigenvalue weighted by Crippen LogP contribution is -2.39. The molecule has 2 amide bonds. The van der Waals surface area contributed by atoms with Crippen LogP contribution in [0.5, 0.6) is 0 Å². The first-order chi connectivity index (χ1) is 18.0. The second-order valence-corrected chi connectivity index (χ2v) is 12.8. The van der Waals surface area contributed by atoms with Gasteiger partial charge in [-0.1, -0.05) is 52.5 Å². The summed E-state index contributed by atoms with van der Waals surface area (Å²) in [5.74, 6) is -0.735. The van der Waals surface area contributed by atoms with Crippen molar-refractivity contribution in [3.63, 3.8) is 0 Å². The molecule has 0 bridgehead atoms. The summed E-state index contributed by atoms with van der Waals surface area (Å²) in [6.45, 7) is -0.437. The van der Waals surface area contributed by atoms with Gasteiger partial charge in [0.15, 0.2) is 0 Å². The molecule has 0 radical (unpaired) electrons. The van der Waals surface area contributed by atoms with E-state index >= 15 is 4.39 Å². The maximum absolute atomic E-state index is 15.4. The van der Waals surface area contributed by atoms with Crippen LogP contribution in [0.1, 0.15) is 22.5 Å². The third-order valence-electron chi connectivity index (χ3n) is 5.39. The number of halogens is 5. The summed E-state index contributed by atoms with van der Waals surface area (Å²) in [7, 11) is -2.76. The normalized spacial score (nSPS) is 14.8. The van der Waals surface area contributed by atoms with Gasteiger partial charge in [-0.25, -0.2) is 27.0 Å². The van der Waals surface area contributed by atoms with E-state index in [9.17, 15) is 13.2 Å². The Labute approximate surface area is 241 Å². The summed E-state index contributed by atoms with van der Waals surface area (Å²) >= 11 is 24.6. The highest BCUT2D eigenvalue weighted by Crippen LogP contribution is 2.35. The van der Waals surface area contributed by atoms with Gasteiger partial charge in [0, 0.05) is 34.7 Å².